The Kier molecular flexibility index (Phi) is 13.0. The highest BCUT2D eigenvalue weighted by molar-refractivity contribution is 5.38. The van der Waals surface area contributed by atoms with Crippen LogP contribution in [0.1, 0.15) is 101 Å². The summed E-state index contributed by atoms with van der Waals surface area (Å²) in [5, 5.41) is 0. The molecule has 0 radical (unpaired) electrons. The Labute approximate surface area is 241 Å². The van der Waals surface area contributed by atoms with Gasteiger partial charge in [-0.2, -0.15) is 0 Å². The van der Waals surface area contributed by atoms with Crippen molar-refractivity contribution in [3.63, 3.8) is 0 Å². The summed E-state index contributed by atoms with van der Waals surface area (Å²) in [6.07, 6.45) is 40.1. The Balaban J connectivity index is 1.83. The molecule has 0 saturated carbocycles. The van der Waals surface area contributed by atoms with Gasteiger partial charge >= 0.3 is 0 Å². The molecule has 2 rings (SSSR count). The SMILES string of the molecule is CC1=C(/C=C/C(C)=C\C=C\C(C)=C\C=C\C=C/C=C/C=C(C)/C=C/C2=C(C)CCCC2(C)C)C(C)(C)CCC1. The van der Waals surface area contributed by atoms with Crippen molar-refractivity contribution < 1.29 is 0 Å². The van der Waals surface area contributed by atoms with Gasteiger partial charge in [-0.05, 0) is 95.1 Å². The van der Waals surface area contributed by atoms with E-state index in [0.29, 0.717) is 10.8 Å². The predicted molar refractivity (Wildman–Crippen MR) is 177 cm³/mol. The molecule has 39 heavy (non-hydrogen) atoms. The van der Waals surface area contributed by atoms with Crippen LogP contribution in [0.25, 0.3) is 0 Å². The van der Waals surface area contributed by atoms with E-state index in [1.165, 1.54) is 66.4 Å². The summed E-state index contributed by atoms with van der Waals surface area (Å²) in [6, 6.07) is 0. The highest BCUT2D eigenvalue weighted by Crippen LogP contribution is 2.41. The summed E-state index contributed by atoms with van der Waals surface area (Å²) in [6.45, 7) is 20.5. The lowest BCUT2D eigenvalue weighted by Gasteiger charge is -2.33. The highest BCUT2D eigenvalue weighted by Gasteiger charge is 2.27. The minimum absolute atomic E-state index is 0.293. The minimum atomic E-state index is 0.293. The zero-order valence-electron chi connectivity index (χ0n) is 26.4. The first-order valence-corrected chi connectivity index (χ1v) is 14.9. The molecule has 0 heterocycles. The van der Waals surface area contributed by atoms with Crippen LogP contribution in [-0.4, -0.2) is 0 Å². The summed E-state index contributed by atoms with van der Waals surface area (Å²) in [4.78, 5) is 0. The van der Waals surface area contributed by atoms with Crippen LogP contribution in [0.2, 0.25) is 0 Å². The van der Waals surface area contributed by atoms with Crippen molar-refractivity contribution in [1.82, 2.24) is 0 Å². The summed E-state index contributed by atoms with van der Waals surface area (Å²) in [5.41, 5.74) is 10.5. The maximum Gasteiger partial charge on any atom is -0.0104 e. The molecular weight excluding hydrogens is 468 g/mol. The molecule has 0 nitrogen and oxygen atoms in total. The van der Waals surface area contributed by atoms with E-state index < -0.39 is 0 Å². The van der Waals surface area contributed by atoms with Crippen molar-refractivity contribution in [3.05, 3.63) is 130 Å². The summed E-state index contributed by atoms with van der Waals surface area (Å²) in [7, 11) is 0. The number of hydrogen-bond acceptors (Lipinski definition) is 0. The summed E-state index contributed by atoms with van der Waals surface area (Å²) < 4.78 is 0. The number of allylic oxidation sites excluding steroid dienone is 22. The molecule has 0 aromatic rings. The van der Waals surface area contributed by atoms with E-state index in [-0.39, 0.29) is 0 Å². The van der Waals surface area contributed by atoms with Crippen molar-refractivity contribution in [1.29, 1.82) is 0 Å². The van der Waals surface area contributed by atoms with Crippen LogP contribution < -0.4 is 0 Å². The first-order valence-electron chi connectivity index (χ1n) is 14.9. The van der Waals surface area contributed by atoms with Crippen LogP contribution in [0.3, 0.4) is 0 Å². The minimum Gasteiger partial charge on any atom is -0.0696 e. The zero-order chi connectivity index (χ0) is 28.9. The van der Waals surface area contributed by atoms with Gasteiger partial charge in [-0.15, -0.1) is 0 Å². The van der Waals surface area contributed by atoms with Crippen LogP contribution in [0.15, 0.2) is 130 Å². The molecule has 2 aliphatic rings. The van der Waals surface area contributed by atoms with E-state index in [2.05, 4.69) is 153 Å². The molecular formula is C39H54. The quantitative estimate of drug-likeness (QED) is 0.250. The van der Waals surface area contributed by atoms with Gasteiger partial charge < -0.3 is 0 Å². The lowest BCUT2D eigenvalue weighted by atomic mass is 9.72. The second-order valence-corrected chi connectivity index (χ2v) is 12.8. The normalized spacial score (nSPS) is 21.9. The average molecular weight is 523 g/mol. The van der Waals surface area contributed by atoms with Crippen LogP contribution in [-0.2, 0) is 0 Å². The summed E-state index contributed by atoms with van der Waals surface area (Å²) in [5.74, 6) is 0. The number of hydrogen-bond donors (Lipinski definition) is 0. The molecule has 0 unspecified atom stereocenters. The van der Waals surface area contributed by atoms with Gasteiger partial charge in [0.1, 0.15) is 0 Å². The monoisotopic (exact) mass is 522 g/mol. The van der Waals surface area contributed by atoms with Crippen molar-refractivity contribution in [2.75, 3.05) is 0 Å². The predicted octanol–water partition coefficient (Wildman–Crippen LogP) is 12.2. The van der Waals surface area contributed by atoms with Crippen molar-refractivity contribution in [3.8, 4) is 0 Å². The molecule has 0 amide bonds. The van der Waals surface area contributed by atoms with Gasteiger partial charge in [0.05, 0.1) is 0 Å². The molecule has 2 aliphatic carbocycles. The standard InChI is InChI=1S/C39H54/c1-31(21-16-22-33(3)26-28-37-35(5)24-18-30-39(37,8)9)19-14-12-10-11-13-15-20-32(2)25-27-36-34(4)23-17-29-38(36,6)7/h10-16,19-22,25-28H,17-18,23-24,29-30H2,1-9H3/b11-10-,14-12+,15-13+,21-16+,27-25+,28-26+,31-19+,32-20+,33-22-. The Morgan fingerprint density at radius 3 is 1.28 bits per heavy atom. The topological polar surface area (TPSA) is 0 Å². The molecule has 0 spiro atoms. The lowest BCUT2D eigenvalue weighted by molar-refractivity contribution is 0.376. The fraction of sp³-hybridized carbons (Fsp3) is 0.436. The molecule has 0 heteroatoms. The second-order valence-electron chi connectivity index (χ2n) is 12.8. The van der Waals surface area contributed by atoms with Gasteiger partial charge in [0, 0.05) is 0 Å². The first-order chi connectivity index (χ1) is 18.4. The Hall–Kier alpha value is -2.86. The van der Waals surface area contributed by atoms with Crippen LogP contribution >= 0.6 is 0 Å². The molecule has 0 aliphatic heterocycles. The zero-order valence-corrected chi connectivity index (χ0v) is 26.4. The molecule has 210 valence electrons. The third-order valence-electron chi connectivity index (χ3n) is 8.10. The van der Waals surface area contributed by atoms with E-state index in [0.717, 1.165) is 0 Å². The van der Waals surface area contributed by atoms with Gasteiger partial charge in [0.25, 0.3) is 0 Å². The van der Waals surface area contributed by atoms with Gasteiger partial charge in [-0.3, -0.25) is 0 Å². The van der Waals surface area contributed by atoms with Crippen LogP contribution in [0, 0.1) is 10.8 Å². The third kappa shape index (κ3) is 11.4. The van der Waals surface area contributed by atoms with Crippen molar-refractivity contribution >= 4 is 0 Å². The smallest absolute Gasteiger partial charge is 0.0104 e. The van der Waals surface area contributed by atoms with Crippen molar-refractivity contribution in [2.24, 2.45) is 10.8 Å². The molecule has 0 atom stereocenters. The largest absolute Gasteiger partial charge is 0.0696 e. The fourth-order valence-corrected chi connectivity index (χ4v) is 5.64. The van der Waals surface area contributed by atoms with E-state index in [1.807, 2.05) is 0 Å². The Morgan fingerprint density at radius 1 is 0.513 bits per heavy atom. The van der Waals surface area contributed by atoms with E-state index in [1.54, 1.807) is 11.1 Å². The molecule has 0 bridgehead atoms. The molecule has 0 aromatic carbocycles. The average Bonchev–Trinajstić information content (AvgIpc) is 2.84. The second kappa shape index (κ2) is 15.7. The highest BCUT2D eigenvalue weighted by atomic mass is 14.3. The van der Waals surface area contributed by atoms with Crippen LogP contribution in [0.4, 0.5) is 0 Å². The third-order valence-corrected chi connectivity index (χ3v) is 8.10. The van der Waals surface area contributed by atoms with E-state index in [9.17, 15) is 0 Å². The van der Waals surface area contributed by atoms with Gasteiger partial charge in [-0.25, -0.2) is 0 Å². The molecule has 0 aromatic heterocycles. The van der Waals surface area contributed by atoms with Gasteiger partial charge in [-0.1, -0.05) is 147 Å². The number of rotatable bonds is 10. The van der Waals surface area contributed by atoms with E-state index in [4.69, 9.17) is 0 Å². The summed E-state index contributed by atoms with van der Waals surface area (Å²) >= 11 is 0. The lowest BCUT2D eigenvalue weighted by Crippen LogP contribution is -2.19. The molecule has 0 saturated heterocycles. The van der Waals surface area contributed by atoms with Crippen LogP contribution in [0.5, 0.6) is 0 Å². The first kappa shape index (κ1) is 32.4. The van der Waals surface area contributed by atoms with E-state index >= 15 is 0 Å². The maximum atomic E-state index is 2.37. The van der Waals surface area contributed by atoms with Gasteiger partial charge in [0.15, 0.2) is 0 Å². The maximum absolute atomic E-state index is 2.37. The molecule has 0 N–H and O–H groups in total. The Morgan fingerprint density at radius 2 is 0.872 bits per heavy atom. The van der Waals surface area contributed by atoms with Crippen molar-refractivity contribution in [2.45, 2.75) is 101 Å². The molecule has 0 fully saturated rings. The Bertz CT molecular complexity index is 1170. The van der Waals surface area contributed by atoms with Gasteiger partial charge in [0.2, 0.25) is 0 Å². The fourth-order valence-electron chi connectivity index (χ4n) is 5.64.